The number of hydrogen-bond donors (Lipinski definition) is 0. The van der Waals surface area contributed by atoms with Crippen LogP contribution in [0.5, 0.6) is 23.1 Å². The van der Waals surface area contributed by atoms with Gasteiger partial charge in [0.2, 0.25) is 5.88 Å². The van der Waals surface area contributed by atoms with Crippen molar-refractivity contribution in [3.05, 3.63) is 84.0 Å². The highest BCUT2D eigenvalue weighted by Gasteiger charge is 2.18. The predicted molar refractivity (Wildman–Crippen MR) is 144 cm³/mol. The van der Waals surface area contributed by atoms with Crippen LogP contribution in [0, 0.1) is 0 Å². The van der Waals surface area contributed by atoms with E-state index < -0.39 is 0 Å². The van der Waals surface area contributed by atoms with Crippen molar-refractivity contribution < 1.29 is 14.2 Å². The van der Waals surface area contributed by atoms with Crippen molar-refractivity contribution in [1.82, 2.24) is 14.9 Å². The molecule has 0 aliphatic rings. The van der Waals surface area contributed by atoms with Crippen LogP contribution in [-0.2, 0) is 0 Å². The summed E-state index contributed by atoms with van der Waals surface area (Å²) in [6.45, 7) is 7.84. The summed E-state index contributed by atoms with van der Waals surface area (Å²) in [7, 11) is 1.63. The van der Waals surface area contributed by atoms with Crippen LogP contribution < -0.4 is 14.2 Å². The fourth-order valence-corrected chi connectivity index (χ4v) is 4.02. The van der Waals surface area contributed by atoms with Crippen LogP contribution in [0.4, 0.5) is 0 Å². The van der Waals surface area contributed by atoms with Crippen LogP contribution >= 0.6 is 11.6 Å². The first-order chi connectivity index (χ1) is 17.6. The third-order valence-electron chi connectivity index (χ3n) is 5.85. The van der Waals surface area contributed by atoms with Crippen molar-refractivity contribution in [3.63, 3.8) is 0 Å². The van der Waals surface area contributed by atoms with Gasteiger partial charge in [0, 0.05) is 12.1 Å². The molecule has 1 aromatic heterocycles. The van der Waals surface area contributed by atoms with E-state index in [0.717, 1.165) is 42.3 Å². The first kappa shape index (κ1) is 25.5. The zero-order valence-electron chi connectivity index (χ0n) is 20.8. The fraction of sp³-hybridized carbons (Fsp3) is 0.241. The average molecular weight is 504 g/mol. The van der Waals surface area contributed by atoms with Gasteiger partial charge in [0.1, 0.15) is 29.0 Å². The molecule has 0 aliphatic carbocycles. The molecular weight excluding hydrogens is 474 g/mol. The highest BCUT2D eigenvalue weighted by Crippen LogP contribution is 2.38. The van der Waals surface area contributed by atoms with Crippen molar-refractivity contribution in [2.75, 3.05) is 33.4 Å². The number of benzene rings is 3. The molecule has 36 heavy (non-hydrogen) atoms. The van der Waals surface area contributed by atoms with Crippen LogP contribution in [-0.4, -0.2) is 48.2 Å². The molecule has 186 valence electrons. The standard InChI is InChI=1S/C29H30ClN3O3/c1-4-33(5-2)19-20-35-24-15-17-25(18-16-24)36-29-26(21-9-7-6-8-10-21)27(30)31-28(32-29)22-11-13-23(34-3)14-12-22/h6-18H,4-5,19-20H2,1-3H3. The van der Waals surface area contributed by atoms with Gasteiger partial charge in [0.15, 0.2) is 5.82 Å². The molecule has 0 saturated heterocycles. The molecule has 4 rings (SSSR count). The summed E-state index contributed by atoms with van der Waals surface area (Å²) in [6.07, 6.45) is 0. The second-order valence-electron chi connectivity index (χ2n) is 8.06. The molecule has 0 radical (unpaired) electrons. The fourth-order valence-electron chi connectivity index (χ4n) is 3.75. The van der Waals surface area contributed by atoms with Crippen molar-refractivity contribution in [3.8, 4) is 45.6 Å². The summed E-state index contributed by atoms with van der Waals surface area (Å²) in [5.41, 5.74) is 2.31. The Morgan fingerprint density at radius 2 is 1.39 bits per heavy atom. The minimum Gasteiger partial charge on any atom is -0.497 e. The molecule has 0 bridgehead atoms. The molecule has 0 spiro atoms. The molecule has 0 fully saturated rings. The molecule has 0 unspecified atom stereocenters. The average Bonchev–Trinajstić information content (AvgIpc) is 2.92. The largest absolute Gasteiger partial charge is 0.497 e. The van der Waals surface area contributed by atoms with Crippen molar-refractivity contribution >= 4 is 11.6 Å². The number of methoxy groups -OCH3 is 1. The number of aromatic nitrogens is 2. The number of likely N-dealkylation sites (N-methyl/N-ethyl adjacent to an activating group) is 1. The lowest BCUT2D eigenvalue weighted by Crippen LogP contribution is -2.27. The minimum absolute atomic E-state index is 0.313. The summed E-state index contributed by atoms with van der Waals surface area (Å²) in [4.78, 5) is 11.6. The van der Waals surface area contributed by atoms with E-state index in [1.807, 2.05) is 78.9 Å². The van der Waals surface area contributed by atoms with Gasteiger partial charge in [-0.3, -0.25) is 0 Å². The number of ether oxygens (including phenoxy) is 3. The van der Waals surface area contributed by atoms with Gasteiger partial charge in [-0.1, -0.05) is 55.8 Å². The highest BCUT2D eigenvalue weighted by atomic mass is 35.5. The Kier molecular flexibility index (Phi) is 8.76. The molecule has 0 amide bonds. The smallest absolute Gasteiger partial charge is 0.232 e. The number of rotatable bonds is 11. The van der Waals surface area contributed by atoms with Crippen molar-refractivity contribution in [2.24, 2.45) is 0 Å². The minimum atomic E-state index is 0.313. The van der Waals surface area contributed by atoms with Crippen LogP contribution in [0.1, 0.15) is 13.8 Å². The van der Waals surface area contributed by atoms with E-state index in [1.54, 1.807) is 7.11 Å². The highest BCUT2D eigenvalue weighted by molar-refractivity contribution is 6.32. The van der Waals surface area contributed by atoms with Gasteiger partial charge < -0.3 is 19.1 Å². The lowest BCUT2D eigenvalue weighted by molar-refractivity contribution is 0.222. The molecule has 4 aromatic rings. The Bertz CT molecular complexity index is 1250. The van der Waals surface area contributed by atoms with E-state index in [1.165, 1.54) is 0 Å². The van der Waals surface area contributed by atoms with Crippen molar-refractivity contribution in [2.45, 2.75) is 13.8 Å². The lowest BCUT2D eigenvalue weighted by atomic mass is 10.1. The van der Waals surface area contributed by atoms with E-state index in [2.05, 4.69) is 23.7 Å². The van der Waals surface area contributed by atoms with Crippen LogP contribution in [0.2, 0.25) is 5.15 Å². The molecule has 6 nitrogen and oxygen atoms in total. The molecule has 0 aliphatic heterocycles. The normalized spacial score (nSPS) is 10.9. The quantitative estimate of drug-likeness (QED) is 0.206. The summed E-state index contributed by atoms with van der Waals surface area (Å²) < 4.78 is 17.4. The molecule has 0 N–H and O–H groups in total. The monoisotopic (exact) mass is 503 g/mol. The van der Waals surface area contributed by atoms with Gasteiger partial charge in [0.25, 0.3) is 0 Å². The maximum absolute atomic E-state index is 6.70. The Morgan fingerprint density at radius 1 is 0.750 bits per heavy atom. The second kappa shape index (κ2) is 12.4. The van der Waals surface area contributed by atoms with E-state index in [4.69, 9.17) is 30.8 Å². The maximum atomic E-state index is 6.70. The van der Waals surface area contributed by atoms with Gasteiger partial charge in [-0.2, -0.15) is 4.98 Å². The van der Waals surface area contributed by atoms with Crippen molar-refractivity contribution in [1.29, 1.82) is 0 Å². The van der Waals surface area contributed by atoms with Gasteiger partial charge in [-0.15, -0.1) is 0 Å². The molecule has 0 atom stereocenters. The first-order valence-corrected chi connectivity index (χ1v) is 12.4. The summed E-state index contributed by atoms with van der Waals surface area (Å²) in [6, 6.07) is 24.8. The lowest BCUT2D eigenvalue weighted by Gasteiger charge is -2.18. The molecule has 1 heterocycles. The Balaban J connectivity index is 1.60. The number of halogens is 1. The zero-order valence-corrected chi connectivity index (χ0v) is 21.5. The zero-order chi connectivity index (χ0) is 25.3. The molecule has 0 saturated carbocycles. The molecule has 3 aromatic carbocycles. The number of nitrogens with zero attached hydrogens (tertiary/aromatic N) is 3. The first-order valence-electron chi connectivity index (χ1n) is 12.0. The topological polar surface area (TPSA) is 56.7 Å². The Labute approximate surface area is 217 Å². The third-order valence-corrected chi connectivity index (χ3v) is 6.12. The van der Waals surface area contributed by atoms with Crippen LogP contribution in [0.25, 0.3) is 22.5 Å². The van der Waals surface area contributed by atoms with Crippen LogP contribution in [0.3, 0.4) is 0 Å². The summed E-state index contributed by atoms with van der Waals surface area (Å²) >= 11 is 6.70. The third kappa shape index (κ3) is 6.33. The van der Waals surface area contributed by atoms with Gasteiger partial charge >= 0.3 is 0 Å². The number of hydrogen-bond acceptors (Lipinski definition) is 6. The molecular formula is C29H30ClN3O3. The summed E-state index contributed by atoms with van der Waals surface area (Å²) in [5, 5.41) is 0.313. The van der Waals surface area contributed by atoms with Crippen LogP contribution in [0.15, 0.2) is 78.9 Å². The second-order valence-corrected chi connectivity index (χ2v) is 8.42. The van der Waals surface area contributed by atoms with E-state index in [-0.39, 0.29) is 0 Å². The maximum Gasteiger partial charge on any atom is 0.232 e. The van der Waals surface area contributed by atoms with Gasteiger partial charge in [-0.05, 0) is 67.2 Å². The van der Waals surface area contributed by atoms with Gasteiger partial charge in [0.05, 0.1) is 12.7 Å². The van der Waals surface area contributed by atoms with Gasteiger partial charge in [-0.25, -0.2) is 4.98 Å². The summed E-state index contributed by atoms with van der Waals surface area (Å²) in [5.74, 6) is 3.01. The Hall–Kier alpha value is -3.61. The Morgan fingerprint density at radius 3 is 2.03 bits per heavy atom. The van der Waals surface area contributed by atoms with E-state index >= 15 is 0 Å². The van der Waals surface area contributed by atoms with E-state index in [9.17, 15) is 0 Å². The van der Waals surface area contributed by atoms with E-state index in [0.29, 0.717) is 34.8 Å². The molecule has 7 heteroatoms. The predicted octanol–water partition coefficient (Wildman–Crippen LogP) is 6.99. The SMILES string of the molecule is CCN(CC)CCOc1ccc(Oc2nc(-c3ccc(OC)cc3)nc(Cl)c2-c2ccccc2)cc1.